The molecule has 0 bridgehead atoms. The van der Waals surface area contributed by atoms with Crippen molar-refractivity contribution in [3.8, 4) is 0 Å². The number of nitrogens with two attached hydrogens (primary N) is 1. The predicted molar refractivity (Wildman–Crippen MR) is 76.9 cm³/mol. The molecule has 2 nitrogen and oxygen atoms in total. The summed E-state index contributed by atoms with van der Waals surface area (Å²) in [5.41, 5.74) is 7.33. The Labute approximate surface area is 111 Å². The smallest absolute Gasteiger partial charge is 0.168 e. The summed E-state index contributed by atoms with van der Waals surface area (Å²) in [6, 6.07) is 7.96. The second-order valence-corrected chi connectivity index (χ2v) is 6.58. The largest absolute Gasteiger partial charge is 0.330 e. The van der Waals surface area contributed by atoms with E-state index in [2.05, 4.69) is 20.8 Å². The van der Waals surface area contributed by atoms with Gasteiger partial charge in [0.05, 0.1) is 0 Å². The van der Waals surface area contributed by atoms with Crippen LogP contribution in [0.25, 0.3) is 0 Å². The molecule has 100 valence electrons. The van der Waals surface area contributed by atoms with Crippen LogP contribution < -0.4 is 5.73 Å². The van der Waals surface area contributed by atoms with Crippen LogP contribution in [0, 0.1) is 5.41 Å². The van der Waals surface area contributed by atoms with Gasteiger partial charge in [-0.3, -0.25) is 4.79 Å². The molecule has 0 saturated heterocycles. The lowest BCUT2D eigenvalue weighted by molar-refractivity contribution is 0.0829. The highest BCUT2D eigenvalue weighted by Gasteiger charge is 2.27. The molecule has 0 aliphatic rings. The molecule has 0 amide bonds. The highest BCUT2D eigenvalue weighted by Crippen LogP contribution is 2.27. The molecular weight excluding hydrogens is 222 g/mol. The second-order valence-electron chi connectivity index (χ2n) is 6.58. The Morgan fingerprint density at radius 1 is 1.06 bits per heavy atom. The first-order valence-corrected chi connectivity index (χ1v) is 6.54. The van der Waals surface area contributed by atoms with E-state index in [1.54, 1.807) is 0 Å². The van der Waals surface area contributed by atoms with Gasteiger partial charge < -0.3 is 5.73 Å². The van der Waals surface area contributed by atoms with Crippen molar-refractivity contribution in [1.29, 1.82) is 0 Å². The maximum absolute atomic E-state index is 12.4. The normalized spacial score (nSPS) is 12.6. The van der Waals surface area contributed by atoms with E-state index < -0.39 is 0 Å². The second kappa shape index (κ2) is 5.23. The first-order chi connectivity index (χ1) is 8.18. The molecule has 0 atom stereocenters. The van der Waals surface area contributed by atoms with Gasteiger partial charge in [-0.25, -0.2) is 0 Å². The highest BCUT2D eigenvalue weighted by atomic mass is 16.1. The van der Waals surface area contributed by atoms with Crippen molar-refractivity contribution in [3.63, 3.8) is 0 Å². The molecule has 0 saturated carbocycles. The standard InChI is InChI=1S/C16H25NO/c1-15(2,3)13-8-6-12(7-9-13)14(18)16(4,5)10-11-17/h6-9H,10-11,17H2,1-5H3. The molecule has 0 unspecified atom stereocenters. The van der Waals surface area contributed by atoms with Gasteiger partial charge in [-0.05, 0) is 23.9 Å². The van der Waals surface area contributed by atoms with Crippen molar-refractivity contribution in [3.05, 3.63) is 35.4 Å². The number of Topliss-reactive ketones (excluding diaryl/α,β-unsaturated/α-hetero) is 1. The molecule has 1 aromatic carbocycles. The van der Waals surface area contributed by atoms with Gasteiger partial charge in [0.15, 0.2) is 5.78 Å². The third-order valence-corrected chi connectivity index (χ3v) is 3.40. The minimum absolute atomic E-state index is 0.119. The number of carbonyl (C=O) groups excluding carboxylic acids is 1. The van der Waals surface area contributed by atoms with Gasteiger partial charge in [0.2, 0.25) is 0 Å². The maximum atomic E-state index is 12.4. The van der Waals surface area contributed by atoms with Crippen LogP contribution in [0.2, 0.25) is 0 Å². The summed E-state index contributed by atoms with van der Waals surface area (Å²) in [4.78, 5) is 12.4. The van der Waals surface area contributed by atoms with E-state index in [4.69, 9.17) is 5.73 Å². The Morgan fingerprint density at radius 3 is 1.94 bits per heavy atom. The molecule has 2 N–H and O–H groups in total. The molecule has 0 radical (unpaired) electrons. The quantitative estimate of drug-likeness (QED) is 0.827. The zero-order chi connectivity index (χ0) is 14.0. The number of hydrogen-bond acceptors (Lipinski definition) is 2. The molecule has 0 aromatic heterocycles. The fraction of sp³-hybridized carbons (Fsp3) is 0.562. The van der Waals surface area contributed by atoms with Crippen molar-refractivity contribution >= 4 is 5.78 Å². The van der Waals surface area contributed by atoms with Crippen LogP contribution in [0.5, 0.6) is 0 Å². The van der Waals surface area contributed by atoms with Crippen LogP contribution in [0.1, 0.15) is 57.0 Å². The fourth-order valence-corrected chi connectivity index (χ4v) is 1.99. The molecular formula is C16H25NO. The van der Waals surface area contributed by atoms with Gasteiger partial charge in [0, 0.05) is 11.0 Å². The van der Waals surface area contributed by atoms with E-state index in [0.717, 1.165) is 5.56 Å². The van der Waals surface area contributed by atoms with Gasteiger partial charge in [-0.1, -0.05) is 58.9 Å². The Morgan fingerprint density at radius 2 is 1.56 bits per heavy atom. The fourth-order valence-electron chi connectivity index (χ4n) is 1.99. The van der Waals surface area contributed by atoms with Crippen molar-refractivity contribution in [1.82, 2.24) is 0 Å². The van der Waals surface area contributed by atoms with E-state index >= 15 is 0 Å². The van der Waals surface area contributed by atoms with E-state index in [1.807, 2.05) is 38.1 Å². The van der Waals surface area contributed by atoms with Crippen LogP contribution in [-0.4, -0.2) is 12.3 Å². The number of benzene rings is 1. The van der Waals surface area contributed by atoms with Crippen molar-refractivity contribution in [2.24, 2.45) is 11.1 Å². The van der Waals surface area contributed by atoms with Crippen LogP contribution >= 0.6 is 0 Å². The highest BCUT2D eigenvalue weighted by molar-refractivity contribution is 6.00. The number of carbonyl (C=O) groups is 1. The summed E-state index contributed by atoms with van der Waals surface area (Å²) >= 11 is 0. The lowest BCUT2D eigenvalue weighted by atomic mass is 9.80. The summed E-state index contributed by atoms with van der Waals surface area (Å²) < 4.78 is 0. The van der Waals surface area contributed by atoms with E-state index in [1.165, 1.54) is 5.56 Å². The first-order valence-electron chi connectivity index (χ1n) is 6.54. The topological polar surface area (TPSA) is 43.1 Å². The van der Waals surface area contributed by atoms with Crippen LogP contribution in [0.3, 0.4) is 0 Å². The minimum atomic E-state index is -0.377. The predicted octanol–water partition coefficient (Wildman–Crippen LogP) is 3.54. The first kappa shape index (κ1) is 14.9. The molecule has 1 aromatic rings. The van der Waals surface area contributed by atoms with Gasteiger partial charge in [0.25, 0.3) is 0 Å². The van der Waals surface area contributed by atoms with Gasteiger partial charge >= 0.3 is 0 Å². The molecule has 0 aliphatic heterocycles. The molecule has 0 fully saturated rings. The average Bonchev–Trinajstić information content (AvgIpc) is 2.27. The van der Waals surface area contributed by atoms with E-state index in [0.29, 0.717) is 13.0 Å². The molecule has 2 heteroatoms. The van der Waals surface area contributed by atoms with Crippen LogP contribution in [0.4, 0.5) is 0 Å². The number of hydrogen-bond donors (Lipinski definition) is 1. The van der Waals surface area contributed by atoms with Crippen molar-refractivity contribution in [2.45, 2.75) is 46.5 Å². The van der Waals surface area contributed by atoms with E-state index in [9.17, 15) is 4.79 Å². The van der Waals surface area contributed by atoms with Crippen molar-refractivity contribution in [2.75, 3.05) is 6.54 Å². The molecule has 18 heavy (non-hydrogen) atoms. The molecule has 1 rings (SSSR count). The molecule has 0 aliphatic carbocycles. The average molecular weight is 247 g/mol. The third kappa shape index (κ3) is 3.42. The van der Waals surface area contributed by atoms with E-state index in [-0.39, 0.29) is 16.6 Å². The lowest BCUT2D eigenvalue weighted by Gasteiger charge is -2.23. The number of rotatable bonds is 4. The Hall–Kier alpha value is -1.15. The SMILES string of the molecule is CC(C)(CCN)C(=O)c1ccc(C(C)(C)C)cc1. The Bertz CT molecular complexity index is 410. The van der Waals surface area contributed by atoms with Crippen LogP contribution in [-0.2, 0) is 5.41 Å². The van der Waals surface area contributed by atoms with Gasteiger partial charge in [-0.2, -0.15) is 0 Å². The van der Waals surface area contributed by atoms with Crippen LogP contribution in [0.15, 0.2) is 24.3 Å². The molecule has 0 heterocycles. The third-order valence-electron chi connectivity index (χ3n) is 3.40. The summed E-state index contributed by atoms with van der Waals surface area (Å²) in [7, 11) is 0. The summed E-state index contributed by atoms with van der Waals surface area (Å²) in [5, 5.41) is 0. The zero-order valence-electron chi connectivity index (χ0n) is 12.2. The minimum Gasteiger partial charge on any atom is -0.330 e. The number of ketones is 1. The van der Waals surface area contributed by atoms with Gasteiger partial charge in [-0.15, -0.1) is 0 Å². The Kier molecular flexibility index (Phi) is 4.33. The van der Waals surface area contributed by atoms with Gasteiger partial charge in [0.1, 0.15) is 0 Å². The monoisotopic (exact) mass is 247 g/mol. The van der Waals surface area contributed by atoms with Crippen molar-refractivity contribution < 1.29 is 4.79 Å². The molecule has 0 spiro atoms. The summed E-state index contributed by atoms with van der Waals surface area (Å²) in [6.07, 6.45) is 0.715. The Balaban J connectivity index is 2.96. The summed E-state index contributed by atoms with van der Waals surface area (Å²) in [6.45, 7) is 11.0. The lowest BCUT2D eigenvalue weighted by Crippen LogP contribution is -2.27. The maximum Gasteiger partial charge on any atom is 0.168 e. The summed E-state index contributed by atoms with van der Waals surface area (Å²) in [5.74, 6) is 0.174. The zero-order valence-corrected chi connectivity index (χ0v) is 12.2.